The molecule has 3 aromatic rings. The maximum Gasteiger partial charge on any atom is 0.251 e. The molecule has 0 saturated heterocycles. The molecule has 2 atom stereocenters. The largest absolute Gasteiger partial charge is 0.391 e. The summed E-state index contributed by atoms with van der Waals surface area (Å²) >= 11 is 0. The van der Waals surface area contributed by atoms with E-state index in [9.17, 15) is 14.3 Å². The van der Waals surface area contributed by atoms with Gasteiger partial charge in [-0.25, -0.2) is 9.37 Å². The standard InChI is InChI=1S/C24H25FN4O2/c1-15-18(25)12-17(24(31)29-20-7-2-3-9-22(20)30)13-21(15)28-23-10-4-8-19(27-23)16-6-5-11-26-14-16/h4-6,8,10-14,20,22,30H,2-3,7,9H2,1H3,(H,27,28)(H,29,31)/t20-,22-/m0/s1. The van der Waals surface area contributed by atoms with Crippen LogP contribution in [0.25, 0.3) is 11.3 Å². The van der Waals surface area contributed by atoms with E-state index in [1.807, 2.05) is 24.3 Å². The van der Waals surface area contributed by atoms with E-state index in [0.717, 1.165) is 30.5 Å². The molecule has 3 N–H and O–H groups in total. The third-order valence-corrected chi connectivity index (χ3v) is 5.62. The first-order chi connectivity index (χ1) is 15.0. The van der Waals surface area contributed by atoms with Crippen LogP contribution >= 0.6 is 0 Å². The highest BCUT2D eigenvalue weighted by atomic mass is 19.1. The van der Waals surface area contributed by atoms with Crippen molar-refractivity contribution in [1.82, 2.24) is 15.3 Å². The van der Waals surface area contributed by atoms with Crippen LogP contribution in [0.3, 0.4) is 0 Å². The van der Waals surface area contributed by atoms with Crippen LogP contribution in [0.4, 0.5) is 15.9 Å². The SMILES string of the molecule is Cc1c(F)cc(C(=O)N[C@H]2CCCC[C@@H]2O)cc1Nc1cccc(-c2cccnc2)n1. The summed E-state index contributed by atoms with van der Waals surface area (Å²) in [4.78, 5) is 21.4. The molecule has 1 aliphatic rings. The van der Waals surface area contributed by atoms with E-state index in [1.165, 1.54) is 6.07 Å². The second kappa shape index (κ2) is 9.22. The van der Waals surface area contributed by atoms with E-state index in [4.69, 9.17) is 0 Å². The van der Waals surface area contributed by atoms with E-state index in [2.05, 4.69) is 20.6 Å². The van der Waals surface area contributed by atoms with Gasteiger partial charge in [-0.3, -0.25) is 9.78 Å². The zero-order valence-corrected chi connectivity index (χ0v) is 17.3. The topological polar surface area (TPSA) is 87.1 Å². The van der Waals surface area contributed by atoms with Crippen LogP contribution in [0.1, 0.15) is 41.6 Å². The molecule has 1 fully saturated rings. The fourth-order valence-electron chi connectivity index (χ4n) is 3.79. The number of carbonyl (C=O) groups excluding carboxylic acids is 1. The number of carbonyl (C=O) groups is 1. The Balaban J connectivity index is 1.56. The molecule has 6 nitrogen and oxygen atoms in total. The van der Waals surface area contributed by atoms with Crippen molar-refractivity contribution in [2.75, 3.05) is 5.32 Å². The zero-order valence-electron chi connectivity index (χ0n) is 17.3. The second-order valence-corrected chi connectivity index (χ2v) is 7.84. The molecule has 0 spiro atoms. The number of hydrogen-bond donors (Lipinski definition) is 3. The van der Waals surface area contributed by atoms with Crippen LogP contribution in [0.5, 0.6) is 0 Å². The van der Waals surface area contributed by atoms with Crippen LogP contribution in [-0.4, -0.2) is 33.1 Å². The minimum absolute atomic E-state index is 0.201. The smallest absolute Gasteiger partial charge is 0.251 e. The van der Waals surface area contributed by atoms with Crippen molar-refractivity contribution in [3.8, 4) is 11.3 Å². The molecule has 0 radical (unpaired) electrons. The average Bonchev–Trinajstić information content (AvgIpc) is 2.79. The number of nitrogens with zero attached hydrogens (tertiary/aromatic N) is 2. The molecule has 0 bridgehead atoms. The summed E-state index contributed by atoms with van der Waals surface area (Å²) in [5, 5.41) is 16.1. The number of benzene rings is 1. The van der Waals surface area contributed by atoms with Gasteiger partial charge in [0, 0.05) is 34.8 Å². The molecule has 1 amide bonds. The Morgan fingerprint density at radius 1 is 1.16 bits per heavy atom. The number of nitrogens with one attached hydrogen (secondary N) is 2. The van der Waals surface area contributed by atoms with Gasteiger partial charge in [-0.05, 0) is 56.2 Å². The Labute approximate surface area is 180 Å². The van der Waals surface area contributed by atoms with Crippen molar-refractivity contribution in [3.63, 3.8) is 0 Å². The minimum Gasteiger partial charge on any atom is -0.391 e. The average molecular weight is 420 g/mol. The minimum atomic E-state index is -0.565. The lowest BCUT2D eigenvalue weighted by Gasteiger charge is -2.28. The fourth-order valence-corrected chi connectivity index (χ4v) is 3.79. The number of rotatable bonds is 5. The Morgan fingerprint density at radius 2 is 2.00 bits per heavy atom. The lowest BCUT2D eigenvalue weighted by molar-refractivity contribution is 0.0717. The Kier molecular flexibility index (Phi) is 6.23. The van der Waals surface area contributed by atoms with Gasteiger partial charge in [-0.1, -0.05) is 18.9 Å². The number of pyridine rings is 2. The fraction of sp³-hybridized carbons (Fsp3) is 0.292. The van der Waals surface area contributed by atoms with Crippen molar-refractivity contribution in [3.05, 3.63) is 71.8 Å². The summed E-state index contributed by atoms with van der Waals surface area (Å²) in [6.07, 6.45) is 6.14. The van der Waals surface area contributed by atoms with Crippen LogP contribution in [-0.2, 0) is 0 Å². The predicted octanol–water partition coefficient (Wildman–Crippen LogP) is 4.37. The van der Waals surface area contributed by atoms with Crippen molar-refractivity contribution in [2.45, 2.75) is 44.8 Å². The molecule has 0 aliphatic heterocycles. The molecule has 1 aromatic carbocycles. The number of aliphatic hydroxyl groups is 1. The van der Waals surface area contributed by atoms with Gasteiger partial charge < -0.3 is 15.7 Å². The molecule has 7 heteroatoms. The van der Waals surface area contributed by atoms with Crippen LogP contribution in [0.2, 0.25) is 0 Å². The first-order valence-corrected chi connectivity index (χ1v) is 10.4. The molecule has 1 aliphatic carbocycles. The molecule has 160 valence electrons. The Bertz CT molecular complexity index is 1070. The number of aromatic nitrogens is 2. The highest BCUT2D eigenvalue weighted by molar-refractivity contribution is 5.95. The van der Waals surface area contributed by atoms with E-state index >= 15 is 0 Å². The van der Waals surface area contributed by atoms with Crippen molar-refractivity contribution in [1.29, 1.82) is 0 Å². The first-order valence-electron chi connectivity index (χ1n) is 10.4. The highest BCUT2D eigenvalue weighted by Gasteiger charge is 2.25. The molecule has 2 heterocycles. The van der Waals surface area contributed by atoms with E-state index in [0.29, 0.717) is 23.5 Å². The monoisotopic (exact) mass is 420 g/mol. The van der Waals surface area contributed by atoms with E-state index in [-0.39, 0.29) is 11.6 Å². The van der Waals surface area contributed by atoms with Gasteiger partial charge >= 0.3 is 0 Å². The summed E-state index contributed by atoms with van der Waals surface area (Å²) in [6.45, 7) is 1.65. The van der Waals surface area contributed by atoms with Gasteiger partial charge in [0.05, 0.1) is 17.8 Å². The predicted molar refractivity (Wildman–Crippen MR) is 118 cm³/mol. The van der Waals surface area contributed by atoms with Gasteiger partial charge in [0.15, 0.2) is 0 Å². The van der Waals surface area contributed by atoms with Crippen molar-refractivity contribution in [2.24, 2.45) is 0 Å². The summed E-state index contributed by atoms with van der Waals surface area (Å²) in [5.41, 5.74) is 2.66. The lowest BCUT2D eigenvalue weighted by atomic mass is 9.92. The summed E-state index contributed by atoms with van der Waals surface area (Å²) in [7, 11) is 0. The third-order valence-electron chi connectivity index (χ3n) is 5.62. The number of amides is 1. The van der Waals surface area contributed by atoms with Crippen LogP contribution < -0.4 is 10.6 Å². The van der Waals surface area contributed by atoms with Gasteiger partial charge in [-0.2, -0.15) is 0 Å². The molecular weight excluding hydrogens is 395 g/mol. The van der Waals surface area contributed by atoms with Gasteiger partial charge in [0.25, 0.3) is 5.91 Å². The van der Waals surface area contributed by atoms with Crippen molar-refractivity contribution >= 4 is 17.4 Å². The maximum atomic E-state index is 14.6. The number of aliphatic hydroxyl groups excluding tert-OH is 1. The zero-order chi connectivity index (χ0) is 21.8. The maximum absolute atomic E-state index is 14.6. The first kappa shape index (κ1) is 20.9. The van der Waals surface area contributed by atoms with Crippen LogP contribution in [0.15, 0.2) is 54.9 Å². The quantitative estimate of drug-likeness (QED) is 0.571. The number of halogens is 1. The molecule has 31 heavy (non-hydrogen) atoms. The lowest BCUT2D eigenvalue weighted by Crippen LogP contribution is -2.45. The van der Waals surface area contributed by atoms with Crippen LogP contribution in [0, 0.1) is 12.7 Å². The van der Waals surface area contributed by atoms with E-state index in [1.54, 1.807) is 31.5 Å². The molecule has 1 saturated carbocycles. The molecule has 0 unspecified atom stereocenters. The van der Waals surface area contributed by atoms with Gasteiger partial charge in [0.1, 0.15) is 11.6 Å². The van der Waals surface area contributed by atoms with Gasteiger partial charge in [-0.15, -0.1) is 0 Å². The number of hydrogen-bond acceptors (Lipinski definition) is 5. The number of anilines is 2. The Morgan fingerprint density at radius 3 is 2.77 bits per heavy atom. The summed E-state index contributed by atoms with van der Waals surface area (Å²) in [6, 6.07) is 11.8. The highest BCUT2D eigenvalue weighted by Crippen LogP contribution is 2.26. The normalized spacial score (nSPS) is 18.4. The Hall–Kier alpha value is -3.32. The molecular formula is C24H25FN4O2. The molecule has 4 rings (SSSR count). The molecule has 2 aromatic heterocycles. The van der Waals surface area contributed by atoms with E-state index < -0.39 is 17.8 Å². The van der Waals surface area contributed by atoms with Gasteiger partial charge in [0.2, 0.25) is 0 Å². The van der Waals surface area contributed by atoms with Crippen molar-refractivity contribution < 1.29 is 14.3 Å². The second-order valence-electron chi connectivity index (χ2n) is 7.84. The summed E-state index contributed by atoms with van der Waals surface area (Å²) < 4.78 is 14.6. The third kappa shape index (κ3) is 4.88. The summed E-state index contributed by atoms with van der Waals surface area (Å²) in [5.74, 6) is -0.350.